The molecule has 34 heavy (non-hydrogen) atoms. The Morgan fingerprint density at radius 2 is 1.88 bits per heavy atom. The molecule has 1 aliphatic rings. The number of amides is 2. The topological polar surface area (TPSA) is 143 Å². The lowest BCUT2D eigenvalue weighted by atomic mass is 9.99. The van der Waals surface area contributed by atoms with Gasteiger partial charge in [0, 0.05) is 25.0 Å². The smallest absolute Gasteiger partial charge is 0.240 e. The van der Waals surface area contributed by atoms with Crippen molar-refractivity contribution in [2.45, 2.75) is 25.8 Å². The number of benzene rings is 1. The molecule has 0 radical (unpaired) electrons. The van der Waals surface area contributed by atoms with Crippen molar-refractivity contribution in [3.05, 3.63) is 41.3 Å². The quantitative estimate of drug-likeness (QED) is 0.509. The Bertz CT molecular complexity index is 1090. The van der Waals surface area contributed by atoms with Crippen LogP contribution in [0.25, 0.3) is 0 Å². The van der Waals surface area contributed by atoms with Gasteiger partial charge in [-0.05, 0) is 38.9 Å². The summed E-state index contributed by atoms with van der Waals surface area (Å²) in [5.41, 5.74) is 12.1. The highest BCUT2D eigenvalue weighted by Crippen LogP contribution is 2.26. The summed E-state index contributed by atoms with van der Waals surface area (Å²) in [6.45, 7) is 3.71. The number of nitrogens with two attached hydrogens (primary N) is 2. The lowest BCUT2D eigenvalue weighted by molar-refractivity contribution is -0.126. The van der Waals surface area contributed by atoms with Crippen LogP contribution in [0.15, 0.2) is 35.7 Å². The van der Waals surface area contributed by atoms with Gasteiger partial charge in [-0.1, -0.05) is 30.3 Å². The fourth-order valence-corrected chi connectivity index (χ4v) is 6.28. The van der Waals surface area contributed by atoms with E-state index in [2.05, 4.69) is 9.88 Å². The Morgan fingerprint density at radius 1 is 1.18 bits per heavy atom. The molecule has 1 aromatic carbocycles. The number of carbonyl (C=O) groups excluding carboxylic acids is 2. The van der Waals surface area contributed by atoms with Gasteiger partial charge in [-0.2, -0.15) is 0 Å². The van der Waals surface area contributed by atoms with Crippen molar-refractivity contribution < 1.29 is 18.0 Å². The molecule has 2 heterocycles. The third kappa shape index (κ3) is 6.53. The summed E-state index contributed by atoms with van der Waals surface area (Å²) in [6, 6.07) is 8.18. The van der Waals surface area contributed by atoms with Crippen LogP contribution >= 0.6 is 11.3 Å². The number of anilines is 2. The van der Waals surface area contributed by atoms with Crippen LogP contribution in [-0.2, 0) is 26.0 Å². The molecule has 1 saturated heterocycles. The van der Waals surface area contributed by atoms with E-state index in [-0.39, 0.29) is 23.1 Å². The van der Waals surface area contributed by atoms with E-state index in [1.807, 2.05) is 37.4 Å². The molecular formula is C22H32N6O4S2. The zero-order valence-corrected chi connectivity index (χ0v) is 21.1. The highest BCUT2D eigenvalue weighted by atomic mass is 32.2. The van der Waals surface area contributed by atoms with E-state index in [0.717, 1.165) is 29.9 Å². The Labute approximate surface area is 204 Å². The molecule has 2 unspecified atom stereocenters. The van der Waals surface area contributed by atoms with E-state index in [9.17, 15) is 18.0 Å². The van der Waals surface area contributed by atoms with E-state index in [1.54, 1.807) is 5.38 Å². The van der Waals surface area contributed by atoms with Crippen LogP contribution in [0.5, 0.6) is 0 Å². The maximum Gasteiger partial charge on any atom is 0.240 e. The fraction of sp³-hybridized carbons (Fsp3) is 0.500. The van der Waals surface area contributed by atoms with E-state index in [1.165, 1.54) is 16.1 Å². The van der Waals surface area contributed by atoms with Crippen LogP contribution in [0.3, 0.4) is 0 Å². The predicted molar refractivity (Wildman–Crippen MR) is 134 cm³/mol. The van der Waals surface area contributed by atoms with Gasteiger partial charge in [0.15, 0.2) is 5.13 Å². The Kier molecular flexibility index (Phi) is 8.63. The molecule has 0 saturated carbocycles. The number of carbonyl (C=O) groups is 2. The molecule has 3 rings (SSSR count). The second-order valence-corrected chi connectivity index (χ2v) is 11.5. The van der Waals surface area contributed by atoms with Crippen LogP contribution in [0.2, 0.25) is 0 Å². The third-order valence-electron chi connectivity index (χ3n) is 5.95. The number of primary amides is 1. The van der Waals surface area contributed by atoms with E-state index in [0.29, 0.717) is 19.6 Å². The molecule has 0 spiro atoms. The van der Waals surface area contributed by atoms with Crippen molar-refractivity contribution in [1.82, 2.24) is 14.2 Å². The van der Waals surface area contributed by atoms with Gasteiger partial charge in [0.05, 0.1) is 11.7 Å². The molecule has 0 aliphatic carbocycles. The predicted octanol–water partition coefficient (Wildman–Crippen LogP) is 0.758. The monoisotopic (exact) mass is 508 g/mol. The second-order valence-electron chi connectivity index (χ2n) is 8.55. The summed E-state index contributed by atoms with van der Waals surface area (Å²) < 4.78 is 28.3. The minimum Gasteiger partial charge on any atom is -0.375 e. The molecule has 1 aliphatic heterocycles. The van der Waals surface area contributed by atoms with Gasteiger partial charge in [0.2, 0.25) is 21.8 Å². The molecule has 1 aromatic heterocycles. The number of likely N-dealkylation sites (N-methyl/N-ethyl adjacent to an activating group) is 1. The summed E-state index contributed by atoms with van der Waals surface area (Å²) in [6.07, 6.45) is 0.907. The summed E-state index contributed by atoms with van der Waals surface area (Å²) in [7, 11) is -1.79. The van der Waals surface area contributed by atoms with Crippen molar-refractivity contribution >= 4 is 44.1 Å². The Balaban J connectivity index is 1.95. The SMILES string of the molecule is CC(C(N)=O)N(C(=O)C(Cc1ccccc1)CS(=O)(=O)N1CCCN(C)CC1)c1csc(N)n1. The zero-order chi connectivity index (χ0) is 24.9. The average molecular weight is 509 g/mol. The van der Waals surface area contributed by atoms with Crippen LogP contribution in [0.1, 0.15) is 18.9 Å². The van der Waals surface area contributed by atoms with E-state index >= 15 is 0 Å². The van der Waals surface area contributed by atoms with Crippen LogP contribution in [0.4, 0.5) is 10.9 Å². The van der Waals surface area contributed by atoms with Gasteiger partial charge in [0.25, 0.3) is 0 Å². The first kappa shape index (κ1) is 26.1. The number of hydrogen-bond acceptors (Lipinski definition) is 8. The third-order valence-corrected chi connectivity index (χ3v) is 8.59. The van der Waals surface area contributed by atoms with Crippen molar-refractivity contribution in [1.29, 1.82) is 0 Å². The van der Waals surface area contributed by atoms with Gasteiger partial charge >= 0.3 is 0 Å². The first-order valence-electron chi connectivity index (χ1n) is 11.1. The van der Waals surface area contributed by atoms with Crippen molar-refractivity contribution in [3.8, 4) is 0 Å². The lowest BCUT2D eigenvalue weighted by Crippen LogP contribution is -2.51. The fourth-order valence-electron chi connectivity index (χ4n) is 3.99. The molecule has 12 heteroatoms. The van der Waals surface area contributed by atoms with Crippen molar-refractivity contribution in [2.24, 2.45) is 11.7 Å². The number of thiazole rings is 1. The largest absolute Gasteiger partial charge is 0.375 e. The number of sulfonamides is 1. The van der Waals surface area contributed by atoms with Gasteiger partial charge in [-0.3, -0.25) is 14.5 Å². The van der Waals surface area contributed by atoms with E-state index in [4.69, 9.17) is 11.5 Å². The number of aromatic nitrogens is 1. The Morgan fingerprint density at radius 3 is 2.50 bits per heavy atom. The molecule has 10 nitrogen and oxygen atoms in total. The molecule has 4 N–H and O–H groups in total. The number of hydrogen-bond donors (Lipinski definition) is 2. The summed E-state index contributed by atoms with van der Waals surface area (Å²) >= 11 is 1.12. The lowest BCUT2D eigenvalue weighted by Gasteiger charge is -2.30. The van der Waals surface area contributed by atoms with Crippen LogP contribution in [0, 0.1) is 5.92 Å². The molecule has 2 atom stereocenters. The highest BCUT2D eigenvalue weighted by Gasteiger charge is 2.37. The van der Waals surface area contributed by atoms with Gasteiger partial charge in [-0.25, -0.2) is 17.7 Å². The molecule has 1 fully saturated rings. The van der Waals surface area contributed by atoms with Gasteiger partial charge in [0.1, 0.15) is 11.9 Å². The normalized spacial score (nSPS) is 17.6. The van der Waals surface area contributed by atoms with Crippen molar-refractivity contribution in [3.63, 3.8) is 0 Å². The summed E-state index contributed by atoms with van der Waals surface area (Å²) in [5.74, 6) is -2.40. The van der Waals surface area contributed by atoms with Gasteiger partial charge in [-0.15, -0.1) is 11.3 Å². The molecular weight excluding hydrogens is 476 g/mol. The van der Waals surface area contributed by atoms with Crippen LogP contribution < -0.4 is 16.4 Å². The minimum atomic E-state index is -3.75. The van der Waals surface area contributed by atoms with Crippen LogP contribution in [-0.4, -0.2) is 79.4 Å². The van der Waals surface area contributed by atoms with Crippen molar-refractivity contribution in [2.75, 3.05) is 49.6 Å². The summed E-state index contributed by atoms with van der Waals surface area (Å²) in [5, 5.41) is 1.79. The molecule has 0 bridgehead atoms. The first-order chi connectivity index (χ1) is 16.1. The number of rotatable bonds is 9. The zero-order valence-electron chi connectivity index (χ0n) is 19.5. The number of nitrogen functional groups attached to an aromatic ring is 1. The minimum absolute atomic E-state index is 0.186. The maximum absolute atomic E-state index is 13.8. The van der Waals surface area contributed by atoms with E-state index < -0.39 is 33.8 Å². The molecule has 186 valence electrons. The maximum atomic E-state index is 13.8. The highest BCUT2D eigenvalue weighted by molar-refractivity contribution is 7.89. The molecule has 2 aromatic rings. The summed E-state index contributed by atoms with van der Waals surface area (Å²) in [4.78, 5) is 33.3. The average Bonchev–Trinajstić information content (AvgIpc) is 3.08. The second kappa shape index (κ2) is 11.3. The van der Waals surface area contributed by atoms with Gasteiger partial charge < -0.3 is 16.4 Å². The first-order valence-corrected chi connectivity index (χ1v) is 13.6. The Hall–Kier alpha value is -2.54. The standard InChI is InChI=1S/C22H32N6O4S2/c1-16(20(23)29)28(19-14-33-22(24)25-19)21(30)18(13-17-7-4-3-5-8-17)15-34(31,32)27-10-6-9-26(2)11-12-27/h3-5,7-8,14,16,18H,6,9-13,15H2,1-2H3,(H2,23,29)(H2,24,25). The molecule has 2 amide bonds. The number of nitrogens with zero attached hydrogens (tertiary/aromatic N) is 4.